The summed E-state index contributed by atoms with van der Waals surface area (Å²) in [5.74, 6) is -0.0877. The third-order valence-corrected chi connectivity index (χ3v) is 4.70. The Kier molecular flexibility index (Phi) is 6.67. The van der Waals surface area contributed by atoms with Crippen molar-refractivity contribution in [1.82, 2.24) is 5.32 Å². The third-order valence-electron chi connectivity index (χ3n) is 4.70. The first-order chi connectivity index (χ1) is 12.2. The van der Waals surface area contributed by atoms with Crippen molar-refractivity contribution in [3.8, 4) is 0 Å². The smallest absolute Gasteiger partial charge is 0.249 e. The van der Waals surface area contributed by atoms with Crippen LogP contribution in [0.4, 0.5) is 5.69 Å². The highest BCUT2D eigenvalue weighted by Crippen LogP contribution is 2.17. The molecule has 2 saturated heterocycles. The molecule has 2 atom stereocenters. The van der Waals surface area contributed by atoms with Crippen molar-refractivity contribution < 1.29 is 19.0 Å². The molecule has 0 aliphatic carbocycles. The van der Waals surface area contributed by atoms with Crippen LogP contribution in [0.1, 0.15) is 25.3 Å². The summed E-state index contributed by atoms with van der Waals surface area (Å²) in [5.41, 5.74) is 2.28. The van der Waals surface area contributed by atoms with E-state index >= 15 is 0 Å². The number of morpholine rings is 1. The number of hydrogen-bond donors (Lipinski definition) is 1. The second-order valence-electron chi connectivity index (χ2n) is 6.59. The minimum absolute atomic E-state index is 0.0877. The fourth-order valence-corrected chi connectivity index (χ4v) is 3.08. The molecule has 25 heavy (non-hydrogen) atoms. The molecule has 2 fully saturated rings. The molecule has 0 aromatic heterocycles. The van der Waals surface area contributed by atoms with E-state index in [1.54, 1.807) is 6.92 Å². The summed E-state index contributed by atoms with van der Waals surface area (Å²) in [5, 5.41) is 2.93. The van der Waals surface area contributed by atoms with Gasteiger partial charge in [-0.3, -0.25) is 4.79 Å². The molecule has 0 bridgehead atoms. The fourth-order valence-electron chi connectivity index (χ4n) is 3.08. The number of carbonyl (C=O) groups excluding carboxylic acids is 1. The van der Waals surface area contributed by atoms with E-state index in [-0.39, 0.29) is 12.0 Å². The van der Waals surface area contributed by atoms with Crippen LogP contribution in [0.5, 0.6) is 0 Å². The lowest BCUT2D eigenvalue weighted by Gasteiger charge is -2.28. The quantitative estimate of drug-likeness (QED) is 0.813. The molecule has 6 nitrogen and oxygen atoms in total. The monoisotopic (exact) mass is 348 g/mol. The fraction of sp³-hybridized carbons (Fsp3) is 0.632. The Morgan fingerprint density at radius 1 is 1.28 bits per heavy atom. The van der Waals surface area contributed by atoms with Crippen LogP contribution in [0, 0.1) is 0 Å². The highest BCUT2D eigenvalue weighted by molar-refractivity contribution is 5.80. The van der Waals surface area contributed by atoms with Crippen LogP contribution in [0.25, 0.3) is 0 Å². The Morgan fingerprint density at radius 2 is 2.04 bits per heavy atom. The van der Waals surface area contributed by atoms with Gasteiger partial charge < -0.3 is 24.4 Å². The van der Waals surface area contributed by atoms with Gasteiger partial charge in [0, 0.05) is 31.9 Å². The van der Waals surface area contributed by atoms with Crippen LogP contribution < -0.4 is 10.2 Å². The molecule has 0 spiro atoms. The van der Waals surface area contributed by atoms with Gasteiger partial charge >= 0.3 is 0 Å². The summed E-state index contributed by atoms with van der Waals surface area (Å²) in [6, 6.07) is 8.32. The number of carbonyl (C=O) groups is 1. The highest BCUT2D eigenvalue weighted by Gasteiger charge is 2.19. The third kappa shape index (κ3) is 5.42. The minimum atomic E-state index is -0.461. The molecular weight excluding hydrogens is 320 g/mol. The average Bonchev–Trinajstić information content (AvgIpc) is 3.19. The summed E-state index contributed by atoms with van der Waals surface area (Å²) < 4.78 is 16.5. The number of anilines is 1. The summed E-state index contributed by atoms with van der Waals surface area (Å²) in [4.78, 5) is 14.4. The SMILES string of the molecule is CC(OCC1CCCO1)C(=O)NCc1ccc(N2CCOCC2)cc1. The van der Waals surface area contributed by atoms with Crippen molar-refractivity contribution >= 4 is 11.6 Å². The molecule has 1 N–H and O–H groups in total. The van der Waals surface area contributed by atoms with Crippen molar-refractivity contribution in [3.63, 3.8) is 0 Å². The normalized spacial score (nSPS) is 22.0. The van der Waals surface area contributed by atoms with Crippen molar-refractivity contribution in [3.05, 3.63) is 29.8 Å². The first-order valence-electron chi connectivity index (χ1n) is 9.15. The number of nitrogens with zero attached hydrogens (tertiary/aromatic N) is 1. The number of amides is 1. The standard InChI is InChI=1S/C19H28N2O4/c1-15(25-14-18-3-2-10-24-18)19(22)20-13-16-4-6-17(7-5-16)21-8-11-23-12-9-21/h4-7,15,18H,2-3,8-14H2,1H3,(H,20,22). The second-order valence-corrected chi connectivity index (χ2v) is 6.59. The van der Waals surface area contributed by atoms with Crippen LogP contribution >= 0.6 is 0 Å². The van der Waals surface area contributed by atoms with Gasteiger partial charge in [0.15, 0.2) is 0 Å². The average molecular weight is 348 g/mol. The molecule has 6 heteroatoms. The van der Waals surface area contributed by atoms with E-state index in [1.165, 1.54) is 5.69 Å². The molecule has 0 saturated carbocycles. The lowest BCUT2D eigenvalue weighted by Crippen LogP contribution is -2.36. The first kappa shape index (κ1) is 18.2. The van der Waals surface area contributed by atoms with Crippen LogP contribution in [0.15, 0.2) is 24.3 Å². The first-order valence-corrected chi connectivity index (χ1v) is 9.15. The molecular formula is C19H28N2O4. The van der Waals surface area contributed by atoms with Crippen molar-refractivity contribution in [2.45, 2.75) is 38.5 Å². The zero-order chi connectivity index (χ0) is 17.5. The molecule has 1 amide bonds. The van der Waals surface area contributed by atoms with Crippen LogP contribution in [0.3, 0.4) is 0 Å². The Balaban J connectivity index is 1.40. The van der Waals surface area contributed by atoms with Crippen LogP contribution in [-0.4, -0.2) is 57.6 Å². The Labute approximate surface area is 149 Å². The van der Waals surface area contributed by atoms with Crippen molar-refractivity contribution in [2.24, 2.45) is 0 Å². The predicted octanol–water partition coefficient (Wildman–Crippen LogP) is 1.72. The van der Waals surface area contributed by atoms with Gasteiger partial charge in [-0.25, -0.2) is 0 Å². The Morgan fingerprint density at radius 3 is 2.72 bits per heavy atom. The molecule has 1 aromatic rings. The van der Waals surface area contributed by atoms with Gasteiger partial charge in [0.2, 0.25) is 5.91 Å². The largest absolute Gasteiger partial charge is 0.378 e. The Hall–Kier alpha value is -1.63. The summed E-state index contributed by atoms with van der Waals surface area (Å²) >= 11 is 0. The van der Waals surface area contributed by atoms with Crippen molar-refractivity contribution in [2.75, 3.05) is 44.4 Å². The molecule has 2 aliphatic heterocycles. The van der Waals surface area contributed by atoms with E-state index in [9.17, 15) is 4.79 Å². The maximum atomic E-state index is 12.1. The van der Waals surface area contributed by atoms with E-state index in [0.29, 0.717) is 13.2 Å². The summed E-state index contributed by atoms with van der Waals surface area (Å²) in [6.45, 7) is 6.99. The lowest BCUT2D eigenvalue weighted by atomic mass is 10.2. The number of benzene rings is 1. The number of rotatable bonds is 7. The van der Waals surface area contributed by atoms with Gasteiger partial charge in [0.05, 0.1) is 25.9 Å². The minimum Gasteiger partial charge on any atom is -0.378 e. The Bertz CT molecular complexity index is 537. The van der Waals surface area contributed by atoms with Gasteiger partial charge in [-0.2, -0.15) is 0 Å². The van der Waals surface area contributed by atoms with E-state index in [1.807, 2.05) is 0 Å². The number of nitrogens with one attached hydrogen (secondary N) is 1. The van der Waals surface area contributed by atoms with Gasteiger partial charge in [0.25, 0.3) is 0 Å². The summed E-state index contributed by atoms with van der Waals surface area (Å²) in [7, 11) is 0. The zero-order valence-corrected chi connectivity index (χ0v) is 14.9. The van der Waals surface area contributed by atoms with Crippen molar-refractivity contribution in [1.29, 1.82) is 0 Å². The summed E-state index contributed by atoms with van der Waals surface area (Å²) in [6.07, 6.45) is 1.78. The van der Waals surface area contributed by atoms with Crippen LogP contribution in [-0.2, 0) is 25.5 Å². The topological polar surface area (TPSA) is 60.0 Å². The molecule has 2 heterocycles. The molecule has 2 aliphatic rings. The molecule has 2 unspecified atom stereocenters. The molecule has 138 valence electrons. The maximum Gasteiger partial charge on any atom is 0.249 e. The van der Waals surface area contributed by atoms with E-state index < -0.39 is 6.10 Å². The molecule has 3 rings (SSSR count). The second kappa shape index (κ2) is 9.17. The predicted molar refractivity (Wildman–Crippen MR) is 95.7 cm³/mol. The van der Waals surface area contributed by atoms with Gasteiger partial charge in [-0.15, -0.1) is 0 Å². The van der Waals surface area contributed by atoms with Crippen LogP contribution in [0.2, 0.25) is 0 Å². The van der Waals surface area contributed by atoms with E-state index in [4.69, 9.17) is 14.2 Å². The van der Waals surface area contributed by atoms with Gasteiger partial charge in [-0.05, 0) is 37.5 Å². The number of ether oxygens (including phenoxy) is 3. The molecule has 1 aromatic carbocycles. The van der Waals surface area contributed by atoms with E-state index in [2.05, 4.69) is 34.5 Å². The van der Waals surface area contributed by atoms with Gasteiger partial charge in [-0.1, -0.05) is 12.1 Å². The molecule has 0 radical (unpaired) electrons. The maximum absolute atomic E-state index is 12.1. The number of hydrogen-bond acceptors (Lipinski definition) is 5. The van der Waals surface area contributed by atoms with Gasteiger partial charge in [0.1, 0.15) is 6.10 Å². The van der Waals surface area contributed by atoms with E-state index in [0.717, 1.165) is 51.3 Å². The zero-order valence-electron chi connectivity index (χ0n) is 14.9. The highest BCUT2D eigenvalue weighted by atomic mass is 16.5. The lowest BCUT2D eigenvalue weighted by molar-refractivity contribution is -0.133.